The van der Waals surface area contributed by atoms with E-state index in [-0.39, 0.29) is 42.7 Å². The molecule has 1 aromatic heterocycles. The molecule has 0 spiro atoms. The number of halogens is 2. The van der Waals surface area contributed by atoms with Crippen LogP contribution in [-0.4, -0.2) is 67.5 Å². The maximum atomic E-state index is 15.4. The minimum atomic E-state index is -1.10. The highest BCUT2D eigenvalue weighted by molar-refractivity contribution is 6.09. The van der Waals surface area contributed by atoms with Gasteiger partial charge in [-0.2, -0.15) is 0 Å². The molecule has 0 radical (unpaired) electrons. The van der Waals surface area contributed by atoms with Crippen LogP contribution >= 0.6 is 0 Å². The summed E-state index contributed by atoms with van der Waals surface area (Å²) in [4.78, 5) is 42.9. The highest BCUT2D eigenvalue weighted by Crippen LogP contribution is 2.44. The number of benzene rings is 3. The molecule has 49 heavy (non-hydrogen) atoms. The number of rotatable bonds is 15. The number of morpholine rings is 1. The number of fused-ring (bicyclic) bond motifs is 1. The molecule has 1 aliphatic heterocycles. The number of Topliss-reactive ketones (excluding diaryl/α,β-unsaturated/α-hetero) is 2. The standard InChI is InChI=1S/C37H37F2N3O7/c1-46-32-21-27-29(22-33(32)48-16-3-13-41-42-15-17-47-23-36(42)45)40-14-10-30(27)49-31-9-6-25(18-28(31)39)20-35(44)37(11-2-12-37)34(43)19-24-4-7-26(38)8-5-24/h4-10,14,18,21-22,41H,2-3,11-13,15-17,19-20,23H2,1H3. The molecule has 256 valence electrons. The van der Waals surface area contributed by atoms with Gasteiger partial charge in [0.15, 0.2) is 34.6 Å². The van der Waals surface area contributed by atoms with E-state index in [4.69, 9.17) is 18.9 Å². The fourth-order valence-corrected chi connectivity index (χ4v) is 6.05. The van der Waals surface area contributed by atoms with Crippen LogP contribution in [0.1, 0.15) is 36.8 Å². The normalized spacial score (nSPS) is 15.5. The lowest BCUT2D eigenvalue weighted by Crippen LogP contribution is -2.50. The molecule has 0 atom stereocenters. The van der Waals surface area contributed by atoms with E-state index in [0.29, 0.717) is 84.8 Å². The molecule has 2 aliphatic rings. The van der Waals surface area contributed by atoms with Crippen molar-refractivity contribution in [3.8, 4) is 23.0 Å². The third-order valence-electron chi connectivity index (χ3n) is 8.99. The van der Waals surface area contributed by atoms with Crippen molar-refractivity contribution >= 4 is 28.4 Å². The second-order valence-electron chi connectivity index (χ2n) is 12.2. The van der Waals surface area contributed by atoms with Gasteiger partial charge in [0, 0.05) is 37.0 Å². The van der Waals surface area contributed by atoms with Crippen LogP contribution in [0, 0.1) is 17.0 Å². The van der Waals surface area contributed by atoms with Crippen molar-refractivity contribution in [2.75, 3.05) is 40.0 Å². The lowest BCUT2D eigenvalue weighted by atomic mass is 9.61. The van der Waals surface area contributed by atoms with Crippen molar-refractivity contribution in [2.45, 2.75) is 38.5 Å². The first-order valence-corrected chi connectivity index (χ1v) is 16.2. The Labute approximate surface area is 282 Å². The molecule has 2 heterocycles. The Morgan fingerprint density at radius 3 is 2.39 bits per heavy atom. The van der Waals surface area contributed by atoms with E-state index in [1.165, 1.54) is 31.4 Å². The molecule has 3 aromatic carbocycles. The predicted octanol–water partition coefficient (Wildman–Crippen LogP) is 5.54. The van der Waals surface area contributed by atoms with Gasteiger partial charge in [-0.15, -0.1) is 0 Å². The van der Waals surface area contributed by atoms with E-state index in [1.54, 1.807) is 47.6 Å². The molecule has 1 N–H and O–H groups in total. The molecule has 0 unspecified atom stereocenters. The van der Waals surface area contributed by atoms with Gasteiger partial charge in [0.05, 0.1) is 37.8 Å². The lowest BCUT2D eigenvalue weighted by Gasteiger charge is -2.39. The number of carbonyl (C=O) groups excluding carboxylic acids is 3. The number of nitrogens with one attached hydrogen (secondary N) is 1. The molecule has 4 aromatic rings. The van der Waals surface area contributed by atoms with Crippen LogP contribution in [0.25, 0.3) is 10.9 Å². The highest BCUT2D eigenvalue weighted by atomic mass is 19.1. The fraction of sp³-hybridized carbons (Fsp3) is 0.351. The number of nitrogens with zero attached hydrogens (tertiary/aromatic N) is 2. The summed E-state index contributed by atoms with van der Waals surface area (Å²) in [5.74, 6) is -0.374. The van der Waals surface area contributed by atoms with E-state index in [9.17, 15) is 18.8 Å². The highest BCUT2D eigenvalue weighted by Gasteiger charge is 2.49. The SMILES string of the molecule is COc1cc2c(Oc3ccc(CC(=O)C4(C(=O)Cc5ccc(F)cc5)CCC4)cc3F)ccnc2cc1OCCCNN1CCOCC1=O. The van der Waals surface area contributed by atoms with Crippen molar-refractivity contribution in [1.82, 2.24) is 15.4 Å². The average Bonchev–Trinajstić information content (AvgIpc) is 3.07. The molecule has 2 fully saturated rings. The molecule has 10 nitrogen and oxygen atoms in total. The smallest absolute Gasteiger partial charge is 0.262 e. The molecule has 12 heteroatoms. The number of pyridine rings is 1. The van der Waals surface area contributed by atoms with Gasteiger partial charge in [0.2, 0.25) is 0 Å². The molecule has 1 saturated heterocycles. The average molecular weight is 674 g/mol. The number of ether oxygens (including phenoxy) is 4. The van der Waals surface area contributed by atoms with Crippen LogP contribution in [0.15, 0.2) is 66.9 Å². The van der Waals surface area contributed by atoms with Crippen LogP contribution in [0.4, 0.5) is 8.78 Å². The van der Waals surface area contributed by atoms with Crippen LogP contribution in [-0.2, 0) is 32.0 Å². The summed E-state index contributed by atoms with van der Waals surface area (Å²) in [6, 6.07) is 15.1. The summed E-state index contributed by atoms with van der Waals surface area (Å²) in [6.45, 7) is 1.94. The molecule has 0 bridgehead atoms. The van der Waals surface area contributed by atoms with Gasteiger partial charge in [-0.25, -0.2) is 14.2 Å². The first-order chi connectivity index (χ1) is 23.8. The van der Waals surface area contributed by atoms with Gasteiger partial charge in [0.25, 0.3) is 5.91 Å². The molecular weight excluding hydrogens is 636 g/mol. The summed E-state index contributed by atoms with van der Waals surface area (Å²) in [5, 5.41) is 2.12. The van der Waals surface area contributed by atoms with Crippen molar-refractivity contribution < 1.29 is 42.1 Å². The quantitative estimate of drug-likeness (QED) is 0.128. The third kappa shape index (κ3) is 7.71. The van der Waals surface area contributed by atoms with Crippen LogP contribution in [0.2, 0.25) is 0 Å². The number of aromatic nitrogens is 1. The Balaban J connectivity index is 1.09. The van der Waals surface area contributed by atoms with Crippen LogP contribution in [0.5, 0.6) is 23.0 Å². The van der Waals surface area contributed by atoms with Crippen molar-refractivity contribution in [3.05, 3.63) is 89.6 Å². The molecule has 1 aliphatic carbocycles. The summed E-state index contributed by atoms with van der Waals surface area (Å²) in [7, 11) is 1.51. The van der Waals surface area contributed by atoms with Crippen LogP contribution < -0.4 is 19.6 Å². The topological polar surface area (TPSA) is 116 Å². The lowest BCUT2D eigenvalue weighted by molar-refractivity contribution is -0.147. The van der Waals surface area contributed by atoms with Gasteiger partial charge in [-0.05, 0) is 66.8 Å². The molecular formula is C37H37F2N3O7. The monoisotopic (exact) mass is 673 g/mol. The second-order valence-corrected chi connectivity index (χ2v) is 12.2. The first-order valence-electron chi connectivity index (χ1n) is 16.2. The number of methoxy groups -OCH3 is 1. The van der Waals surface area contributed by atoms with Gasteiger partial charge in [-0.3, -0.25) is 24.4 Å². The predicted molar refractivity (Wildman–Crippen MR) is 176 cm³/mol. The fourth-order valence-electron chi connectivity index (χ4n) is 6.05. The number of hydrazine groups is 1. The second kappa shape index (κ2) is 15.1. The summed E-state index contributed by atoms with van der Waals surface area (Å²) in [6.07, 6.45) is 3.79. The number of hydrogen-bond acceptors (Lipinski definition) is 9. The van der Waals surface area contributed by atoms with Crippen molar-refractivity contribution in [2.24, 2.45) is 5.41 Å². The zero-order chi connectivity index (χ0) is 34.4. The van der Waals surface area contributed by atoms with Gasteiger partial charge in [0.1, 0.15) is 18.2 Å². The van der Waals surface area contributed by atoms with E-state index < -0.39 is 17.0 Å². The van der Waals surface area contributed by atoms with Gasteiger partial charge < -0.3 is 18.9 Å². The van der Waals surface area contributed by atoms with Gasteiger partial charge >= 0.3 is 0 Å². The summed E-state index contributed by atoms with van der Waals surface area (Å²) >= 11 is 0. The number of hydrogen-bond donors (Lipinski definition) is 1. The largest absolute Gasteiger partial charge is 0.493 e. The summed E-state index contributed by atoms with van der Waals surface area (Å²) in [5.41, 5.74) is 3.61. The zero-order valence-corrected chi connectivity index (χ0v) is 27.1. The Morgan fingerprint density at radius 2 is 1.69 bits per heavy atom. The Hall–Kier alpha value is -4.94. The maximum absolute atomic E-state index is 15.4. The molecule has 1 amide bonds. The minimum absolute atomic E-state index is 0.0417. The van der Waals surface area contributed by atoms with E-state index in [0.717, 1.165) is 6.42 Å². The Bertz CT molecular complexity index is 1850. The number of carbonyl (C=O) groups is 3. The Morgan fingerprint density at radius 1 is 0.939 bits per heavy atom. The zero-order valence-electron chi connectivity index (χ0n) is 27.1. The number of ketones is 2. The molecule has 6 rings (SSSR count). The van der Waals surface area contributed by atoms with E-state index in [1.807, 2.05) is 0 Å². The third-order valence-corrected chi connectivity index (χ3v) is 8.99. The maximum Gasteiger partial charge on any atom is 0.262 e. The van der Waals surface area contributed by atoms with E-state index >= 15 is 4.39 Å². The number of amides is 1. The summed E-state index contributed by atoms with van der Waals surface area (Å²) < 4.78 is 51.3. The first kappa shape index (κ1) is 33.9. The van der Waals surface area contributed by atoms with E-state index in [2.05, 4.69) is 10.4 Å². The Kier molecular flexibility index (Phi) is 10.4. The van der Waals surface area contributed by atoms with Crippen molar-refractivity contribution in [1.29, 1.82) is 0 Å². The molecule has 1 saturated carbocycles. The van der Waals surface area contributed by atoms with Gasteiger partial charge in [-0.1, -0.05) is 24.6 Å². The minimum Gasteiger partial charge on any atom is -0.493 e. The van der Waals surface area contributed by atoms with Crippen LogP contribution in [0.3, 0.4) is 0 Å². The van der Waals surface area contributed by atoms with Crippen molar-refractivity contribution in [3.63, 3.8) is 0 Å².